The topological polar surface area (TPSA) is 65.0 Å². The molecule has 32 heavy (non-hydrogen) atoms. The Kier molecular flexibility index (Phi) is 11.9. The van der Waals surface area contributed by atoms with Gasteiger partial charge in [-0.25, -0.2) is 0 Å². The van der Waals surface area contributed by atoms with Crippen molar-refractivity contribution in [3.63, 3.8) is 0 Å². The first kappa shape index (κ1) is 27.5. The van der Waals surface area contributed by atoms with Gasteiger partial charge < -0.3 is 12.4 Å². The molecular formula is C24H34ClMgNO4S. The molecule has 1 aromatic rings. The van der Waals surface area contributed by atoms with Gasteiger partial charge in [0.05, 0.1) is 5.71 Å². The maximum absolute atomic E-state index is 12.9. The van der Waals surface area contributed by atoms with Gasteiger partial charge in [-0.2, -0.15) is 11.8 Å². The molecule has 0 radical (unpaired) electrons. The first-order chi connectivity index (χ1) is 15.0. The van der Waals surface area contributed by atoms with Crippen LogP contribution < -0.4 is 4.74 Å². The Morgan fingerprint density at radius 1 is 1.22 bits per heavy atom. The number of Topliss-reactive ketones (excluding diaryl/α,β-unsaturated/α-hetero) is 2. The molecule has 174 valence electrons. The van der Waals surface area contributed by atoms with Crippen LogP contribution in [0.1, 0.15) is 55.2 Å². The Balaban J connectivity index is 0.00000363. The first-order valence-electron chi connectivity index (χ1n) is 11.2. The molecule has 2 unspecified atom stereocenters. The minimum Gasteiger partial charge on any atom is -1.00 e. The van der Waals surface area contributed by atoms with E-state index in [1.807, 2.05) is 25.6 Å². The van der Waals surface area contributed by atoms with E-state index in [9.17, 15) is 9.59 Å². The molecule has 0 amide bonds. The zero-order chi connectivity index (χ0) is 22.2. The Hall–Kier alpha value is -0.764. The Bertz CT molecular complexity index is 776. The number of hydrogen-bond acceptors (Lipinski definition) is 6. The largest absolute Gasteiger partial charge is 2.00 e. The molecule has 2 aliphatic rings. The van der Waals surface area contributed by atoms with Crippen LogP contribution in [0, 0.1) is 17.8 Å². The molecule has 1 aromatic carbocycles. The predicted molar refractivity (Wildman–Crippen MR) is 134 cm³/mol. The molecule has 1 aliphatic heterocycles. The normalized spacial score (nSPS) is 25.1. The molecule has 1 saturated heterocycles. The average Bonchev–Trinajstić information content (AvgIpc) is 2.75. The van der Waals surface area contributed by atoms with Gasteiger partial charge >= 0.3 is 23.1 Å². The van der Waals surface area contributed by atoms with Crippen LogP contribution in [0.5, 0.6) is 5.75 Å². The van der Waals surface area contributed by atoms with Gasteiger partial charge in [-0.3, -0.25) is 9.59 Å². The van der Waals surface area contributed by atoms with Gasteiger partial charge in [-0.15, -0.1) is 0 Å². The van der Waals surface area contributed by atoms with Crippen molar-refractivity contribution in [3.05, 3.63) is 29.3 Å². The maximum atomic E-state index is 12.9. The van der Waals surface area contributed by atoms with Crippen LogP contribution in [-0.2, 0) is 14.4 Å². The van der Waals surface area contributed by atoms with Crippen molar-refractivity contribution in [2.75, 3.05) is 18.1 Å². The molecule has 2 fully saturated rings. The molecule has 1 saturated carbocycles. The monoisotopic (exact) mass is 491 g/mol. The van der Waals surface area contributed by atoms with Gasteiger partial charge in [0, 0.05) is 17.9 Å². The molecule has 0 spiro atoms. The van der Waals surface area contributed by atoms with Crippen molar-refractivity contribution in [2.45, 2.75) is 58.5 Å². The van der Waals surface area contributed by atoms with E-state index in [4.69, 9.17) is 21.2 Å². The minimum absolute atomic E-state index is 0. The summed E-state index contributed by atoms with van der Waals surface area (Å²) in [4.78, 5) is 31.4. The van der Waals surface area contributed by atoms with Crippen LogP contribution >= 0.6 is 23.4 Å². The van der Waals surface area contributed by atoms with E-state index in [1.165, 1.54) is 12.2 Å². The summed E-state index contributed by atoms with van der Waals surface area (Å²) in [7, 11) is 0. The number of benzene rings is 1. The smallest absolute Gasteiger partial charge is 1.00 e. The Labute approximate surface area is 219 Å². The predicted octanol–water partition coefficient (Wildman–Crippen LogP) is 5.43. The fourth-order valence-corrected chi connectivity index (χ4v) is 5.76. The second-order valence-corrected chi connectivity index (χ2v) is 10.1. The second-order valence-electron chi connectivity index (χ2n) is 8.52. The molecular weight excluding hydrogens is 458 g/mol. The summed E-state index contributed by atoms with van der Waals surface area (Å²) in [6.45, 7) is 4.13. The number of oxime groups is 1. The fourth-order valence-electron chi connectivity index (χ4n) is 4.35. The summed E-state index contributed by atoms with van der Waals surface area (Å²) in [5.41, 5.74) is 0.563. The molecule has 0 N–H and O–H groups in total. The molecule has 5 nitrogen and oxygen atoms in total. The number of nitrogens with zero attached hydrogens (tertiary/aromatic N) is 1. The Morgan fingerprint density at radius 3 is 2.50 bits per heavy atom. The van der Waals surface area contributed by atoms with Crippen LogP contribution in [0.4, 0.5) is 0 Å². The third-order valence-corrected chi connectivity index (χ3v) is 7.41. The number of ketones is 2. The number of carbonyl (C=O) groups excluding carboxylic acids is 2. The summed E-state index contributed by atoms with van der Waals surface area (Å²) in [6, 6.07) is 7.12. The Morgan fingerprint density at radius 2 is 1.91 bits per heavy atom. The van der Waals surface area contributed by atoms with Crippen LogP contribution in [-0.4, -0.2) is 64.5 Å². The number of rotatable bonds is 9. The molecule has 1 aliphatic carbocycles. The zero-order valence-electron chi connectivity index (χ0n) is 21.1. The number of thioether (sulfide) groups is 1. The average molecular weight is 492 g/mol. The number of halogens is 1. The standard InChI is InChI=1S/C24H32ClNO4S.Mg.2H/c1-3-5-21(26-29-14-16(2)30-20-9-7-19(25)8-10-20)24-22(27)12-18(13-23(24)28)17-6-4-11-31-15-17;;;/h7-10,16-18,24H,3-6,11-15H2,1-2H3;;;/q;+2;2*-1. The van der Waals surface area contributed by atoms with E-state index in [0.717, 1.165) is 18.6 Å². The van der Waals surface area contributed by atoms with Crippen molar-refractivity contribution in [1.29, 1.82) is 0 Å². The van der Waals surface area contributed by atoms with Crippen LogP contribution in [0.3, 0.4) is 0 Å². The number of hydrogen-bond donors (Lipinski definition) is 0. The molecule has 1 heterocycles. The van der Waals surface area contributed by atoms with Gasteiger partial charge in [0.1, 0.15) is 29.3 Å². The van der Waals surface area contributed by atoms with Crippen molar-refractivity contribution in [1.82, 2.24) is 0 Å². The fraction of sp³-hybridized carbons (Fsp3) is 0.625. The molecule has 0 bridgehead atoms. The minimum atomic E-state index is -0.736. The third-order valence-electron chi connectivity index (χ3n) is 5.91. The van der Waals surface area contributed by atoms with Gasteiger partial charge in [0.25, 0.3) is 0 Å². The van der Waals surface area contributed by atoms with Gasteiger partial charge in [0.2, 0.25) is 0 Å². The summed E-state index contributed by atoms with van der Waals surface area (Å²) >= 11 is 7.84. The van der Waals surface area contributed by atoms with E-state index in [0.29, 0.717) is 41.7 Å². The van der Waals surface area contributed by atoms with Crippen LogP contribution in [0.25, 0.3) is 0 Å². The second kappa shape index (κ2) is 13.8. The number of carbonyl (C=O) groups is 2. The van der Waals surface area contributed by atoms with E-state index in [1.54, 1.807) is 24.3 Å². The zero-order valence-corrected chi connectivity index (χ0v) is 22.0. The first-order valence-corrected chi connectivity index (χ1v) is 12.7. The molecule has 8 heteroatoms. The molecule has 0 aromatic heterocycles. The summed E-state index contributed by atoms with van der Waals surface area (Å²) in [6.07, 6.45) is 4.44. The maximum Gasteiger partial charge on any atom is 2.00 e. The van der Waals surface area contributed by atoms with Crippen molar-refractivity contribution in [3.8, 4) is 5.75 Å². The quantitative estimate of drug-likeness (QED) is 0.199. The van der Waals surface area contributed by atoms with Gasteiger partial charge in [-0.05, 0) is 73.8 Å². The van der Waals surface area contributed by atoms with Crippen LogP contribution in [0.15, 0.2) is 29.4 Å². The van der Waals surface area contributed by atoms with Crippen molar-refractivity contribution >= 4 is 63.7 Å². The SMILES string of the molecule is CCCC(=NOCC(C)Oc1ccc(Cl)cc1)C1C(=O)CC(C2CCCSC2)CC1=O.[H-].[H-].[Mg+2]. The number of ether oxygens (including phenoxy) is 1. The van der Waals surface area contributed by atoms with Crippen molar-refractivity contribution in [2.24, 2.45) is 22.9 Å². The van der Waals surface area contributed by atoms with Gasteiger partial charge in [0.15, 0.2) is 6.61 Å². The summed E-state index contributed by atoms with van der Waals surface area (Å²) in [5.74, 6) is 2.93. The third kappa shape index (κ3) is 7.92. The van der Waals surface area contributed by atoms with E-state index in [2.05, 4.69) is 5.16 Å². The van der Waals surface area contributed by atoms with Crippen LogP contribution in [0.2, 0.25) is 5.02 Å². The van der Waals surface area contributed by atoms with E-state index in [-0.39, 0.29) is 56.1 Å². The van der Waals surface area contributed by atoms with Crippen molar-refractivity contribution < 1.29 is 22.0 Å². The molecule has 2 atom stereocenters. The summed E-state index contributed by atoms with van der Waals surface area (Å²) in [5, 5.41) is 4.89. The molecule has 3 rings (SSSR count). The van der Waals surface area contributed by atoms with E-state index < -0.39 is 5.92 Å². The van der Waals surface area contributed by atoms with E-state index >= 15 is 0 Å². The summed E-state index contributed by atoms with van der Waals surface area (Å²) < 4.78 is 5.79. The van der Waals surface area contributed by atoms with Gasteiger partial charge in [-0.1, -0.05) is 30.1 Å².